The summed E-state index contributed by atoms with van der Waals surface area (Å²) < 4.78 is 5.71. The van der Waals surface area contributed by atoms with Crippen LogP contribution in [0.3, 0.4) is 0 Å². The average molecular weight is 402 g/mol. The lowest BCUT2D eigenvalue weighted by Gasteiger charge is -2.33. The first-order valence-electron chi connectivity index (χ1n) is 10.6. The van der Waals surface area contributed by atoms with E-state index in [9.17, 15) is 9.59 Å². The van der Waals surface area contributed by atoms with Gasteiger partial charge >= 0.3 is 5.63 Å². The van der Waals surface area contributed by atoms with E-state index >= 15 is 0 Å². The van der Waals surface area contributed by atoms with E-state index in [1.165, 1.54) is 6.42 Å². The van der Waals surface area contributed by atoms with Crippen LogP contribution < -0.4 is 5.63 Å². The van der Waals surface area contributed by atoms with Gasteiger partial charge in [-0.25, -0.2) is 4.79 Å². The summed E-state index contributed by atoms with van der Waals surface area (Å²) in [4.78, 5) is 28.3. The number of hydrogen-bond donors (Lipinski definition) is 0. The maximum atomic E-state index is 13.7. The molecule has 4 rings (SSSR count). The second kappa shape index (κ2) is 8.70. The molecule has 1 fully saturated rings. The Morgan fingerprint density at radius 2 is 1.73 bits per heavy atom. The van der Waals surface area contributed by atoms with Crippen LogP contribution in [0, 0.1) is 6.92 Å². The Bertz CT molecular complexity index is 1120. The highest BCUT2D eigenvalue weighted by Gasteiger charge is 2.30. The summed E-state index contributed by atoms with van der Waals surface area (Å²) in [7, 11) is 0. The molecular weight excluding hydrogens is 374 g/mol. The molecule has 0 saturated heterocycles. The molecule has 0 N–H and O–H groups in total. The summed E-state index contributed by atoms with van der Waals surface area (Å²) in [5, 5.41) is 1.22. The van der Waals surface area contributed by atoms with Gasteiger partial charge in [-0.15, -0.1) is 6.58 Å². The Hall–Kier alpha value is -3.14. The molecule has 0 radical (unpaired) electrons. The number of hydrogen-bond acceptors (Lipinski definition) is 3. The van der Waals surface area contributed by atoms with Gasteiger partial charge in [-0.1, -0.05) is 73.4 Å². The van der Waals surface area contributed by atoms with Gasteiger partial charge in [0, 0.05) is 23.5 Å². The van der Waals surface area contributed by atoms with E-state index < -0.39 is 5.63 Å². The van der Waals surface area contributed by atoms with Crippen LogP contribution in [0.25, 0.3) is 21.9 Å². The predicted octanol–water partition coefficient (Wildman–Crippen LogP) is 5.73. The van der Waals surface area contributed by atoms with Gasteiger partial charge in [-0.3, -0.25) is 4.79 Å². The summed E-state index contributed by atoms with van der Waals surface area (Å²) in [5.74, 6) is -0.116. The van der Waals surface area contributed by atoms with Crippen molar-refractivity contribution in [2.24, 2.45) is 0 Å². The number of rotatable bonds is 5. The Morgan fingerprint density at radius 3 is 2.40 bits per heavy atom. The van der Waals surface area contributed by atoms with Crippen LogP contribution >= 0.6 is 0 Å². The molecular formula is C26H27NO3. The molecule has 4 nitrogen and oxygen atoms in total. The Labute approximate surface area is 176 Å². The van der Waals surface area contributed by atoms with Crippen molar-refractivity contribution in [3.05, 3.63) is 82.9 Å². The first kappa shape index (κ1) is 20.1. The number of benzene rings is 2. The summed E-state index contributed by atoms with van der Waals surface area (Å²) >= 11 is 0. The van der Waals surface area contributed by atoms with E-state index in [-0.39, 0.29) is 17.7 Å². The van der Waals surface area contributed by atoms with Crippen LogP contribution in [-0.4, -0.2) is 23.4 Å². The van der Waals surface area contributed by atoms with Crippen LogP contribution in [0.4, 0.5) is 0 Å². The van der Waals surface area contributed by atoms with Crippen molar-refractivity contribution in [2.75, 3.05) is 6.54 Å². The van der Waals surface area contributed by atoms with Crippen molar-refractivity contribution in [3.63, 3.8) is 0 Å². The number of amides is 1. The molecule has 1 aliphatic rings. The molecule has 154 valence electrons. The molecule has 0 unspecified atom stereocenters. The molecule has 0 spiro atoms. The van der Waals surface area contributed by atoms with E-state index in [1.54, 1.807) is 12.1 Å². The van der Waals surface area contributed by atoms with E-state index in [2.05, 4.69) is 6.58 Å². The van der Waals surface area contributed by atoms with Gasteiger partial charge in [-0.2, -0.15) is 0 Å². The summed E-state index contributed by atoms with van der Waals surface area (Å²) in [6, 6.07) is 15.4. The fourth-order valence-corrected chi connectivity index (χ4v) is 4.42. The van der Waals surface area contributed by atoms with E-state index in [0.29, 0.717) is 17.5 Å². The lowest BCUT2D eigenvalue weighted by molar-refractivity contribution is 0.0627. The first-order valence-corrected chi connectivity index (χ1v) is 10.6. The average Bonchev–Trinajstić information content (AvgIpc) is 2.78. The number of carbonyl (C=O) groups is 1. The van der Waals surface area contributed by atoms with Gasteiger partial charge in [0.15, 0.2) is 0 Å². The second-order valence-electron chi connectivity index (χ2n) is 8.04. The standard InChI is InChI=1S/C26H27NO3/c1-3-17-27(20-9-5-4-6-10-20)25(28)24-23(19-15-13-18(2)14-16-19)21-11-7-8-12-22(21)26(29)30-24/h3,7-8,11-16,20H,1,4-6,9-10,17H2,2H3. The van der Waals surface area contributed by atoms with E-state index in [0.717, 1.165) is 42.2 Å². The third-order valence-electron chi connectivity index (χ3n) is 5.97. The van der Waals surface area contributed by atoms with Crippen molar-refractivity contribution < 1.29 is 9.21 Å². The smallest absolute Gasteiger partial charge is 0.344 e. The zero-order valence-corrected chi connectivity index (χ0v) is 17.4. The molecule has 4 heteroatoms. The summed E-state index contributed by atoms with van der Waals surface area (Å²) in [5.41, 5.74) is 2.20. The van der Waals surface area contributed by atoms with Gasteiger partial charge in [0.25, 0.3) is 5.91 Å². The SMILES string of the molecule is C=CCN(C(=O)c1oc(=O)c2ccccc2c1-c1ccc(C)cc1)C1CCCCC1. The molecule has 1 heterocycles. The lowest BCUT2D eigenvalue weighted by Crippen LogP contribution is -2.42. The Morgan fingerprint density at radius 1 is 1.07 bits per heavy atom. The molecule has 0 atom stereocenters. The molecule has 0 bridgehead atoms. The maximum absolute atomic E-state index is 13.7. The lowest BCUT2D eigenvalue weighted by atomic mass is 9.93. The monoisotopic (exact) mass is 401 g/mol. The number of fused-ring (bicyclic) bond motifs is 1. The quantitative estimate of drug-likeness (QED) is 0.513. The maximum Gasteiger partial charge on any atom is 0.344 e. The molecule has 1 aromatic heterocycles. The van der Waals surface area contributed by atoms with E-state index in [4.69, 9.17) is 4.42 Å². The predicted molar refractivity (Wildman–Crippen MR) is 121 cm³/mol. The highest BCUT2D eigenvalue weighted by atomic mass is 16.4. The molecule has 2 aromatic carbocycles. The van der Waals surface area contributed by atoms with Crippen LogP contribution in [-0.2, 0) is 0 Å². The van der Waals surface area contributed by atoms with Crippen molar-refractivity contribution in [3.8, 4) is 11.1 Å². The molecule has 1 amide bonds. The largest absolute Gasteiger partial charge is 0.416 e. The van der Waals surface area contributed by atoms with Gasteiger partial charge in [-0.05, 0) is 31.4 Å². The minimum atomic E-state index is -0.480. The van der Waals surface area contributed by atoms with Crippen molar-refractivity contribution in [2.45, 2.75) is 45.1 Å². The van der Waals surface area contributed by atoms with Crippen molar-refractivity contribution in [1.29, 1.82) is 0 Å². The number of nitrogens with zero attached hydrogens (tertiary/aromatic N) is 1. The Kier molecular flexibility index (Phi) is 5.84. The highest BCUT2D eigenvalue weighted by Crippen LogP contribution is 2.33. The second-order valence-corrected chi connectivity index (χ2v) is 8.04. The van der Waals surface area contributed by atoms with E-state index in [1.807, 2.05) is 54.3 Å². The van der Waals surface area contributed by atoms with Gasteiger partial charge < -0.3 is 9.32 Å². The normalized spacial score (nSPS) is 14.6. The van der Waals surface area contributed by atoms with Gasteiger partial charge in [0.1, 0.15) is 0 Å². The summed E-state index contributed by atoms with van der Waals surface area (Å²) in [6.45, 7) is 6.30. The molecule has 1 saturated carbocycles. The highest BCUT2D eigenvalue weighted by molar-refractivity contribution is 6.07. The fourth-order valence-electron chi connectivity index (χ4n) is 4.42. The first-order chi connectivity index (χ1) is 14.6. The minimum absolute atomic E-state index is 0.120. The van der Waals surface area contributed by atoms with Gasteiger partial charge in [0.05, 0.1) is 5.39 Å². The Balaban J connectivity index is 1.91. The van der Waals surface area contributed by atoms with Crippen LogP contribution in [0.5, 0.6) is 0 Å². The fraction of sp³-hybridized carbons (Fsp3) is 0.308. The van der Waals surface area contributed by atoms with Crippen LogP contribution in [0.2, 0.25) is 0 Å². The minimum Gasteiger partial charge on any atom is -0.416 e. The number of carbonyl (C=O) groups excluding carboxylic acids is 1. The third kappa shape index (κ3) is 3.82. The molecule has 1 aliphatic carbocycles. The molecule has 0 aliphatic heterocycles. The molecule has 3 aromatic rings. The van der Waals surface area contributed by atoms with Crippen molar-refractivity contribution >= 4 is 16.7 Å². The van der Waals surface area contributed by atoms with Crippen LogP contribution in [0.1, 0.15) is 48.2 Å². The van der Waals surface area contributed by atoms with Gasteiger partial charge in [0.2, 0.25) is 5.76 Å². The number of aryl methyl sites for hydroxylation is 1. The summed E-state index contributed by atoms with van der Waals surface area (Å²) in [6.07, 6.45) is 7.11. The zero-order chi connectivity index (χ0) is 21.1. The topological polar surface area (TPSA) is 50.5 Å². The molecule has 30 heavy (non-hydrogen) atoms. The third-order valence-corrected chi connectivity index (χ3v) is 5.97. The zero-order valence-electron chi connectivity index (χ0n) is 17.4. The van der Waals surface area contributed by atoms with Crippen molar-refractivity contribution in [1.82, 2.24) is 4.90 Å². The van der Waals surface area contributed by atoms with Crippen LogP contribution in [0.15, 0.2) is 70.4 Å².